The first-order valence-electron chi connectivity index (χ1n) is 13.3. The summed E-state index contributed by atoms with van der Waals surface area (Å²) in [6.45, 7) is 5.29. The third kappa shape index (κ3) is 6.28. The second-order valence-corrected chi connectivity index (χ2v) is 9.35. The zero-order chi connectivity index (χ0) is 27.8. The molecule has 1 fully saturated rings. The zero-order valence-corrected chi connectivity index (χ0v) is 22.6. The van der Waals surface area contributed by atoms with E-state index in [9.17, 15) is 14.7 Å². The lowest BCUT2D eigenvalue weighted by molar-refractivity contribution is -0.140. The Morgan fingerprint density at radius 3 is 2.41 bits per heavy atom. The highest BCUT2D eigenvalue weighted by Crippen LogP contribution is 2.43. The van der Waals surface area contributed by atoms with Crippen LogP contribution in [0.1, 0.15) is 62.5 Å². The van der Waals surface area contributed by atoms with E-state index in [0.717, 1.165) is 25.7 Å². The molecule has 1 saturated heterocycles. The number of aliphatic hydroxyl groups excluding tert-OH is 1. The van der Waals surface area contributed by atoms with Crippen LogP contribution < -0.4 is 14.2 Å². The van der Waals surface area contributed by atoms with Crippen LogP contribution >= 0.6 is 0 Å². The molecule has 1 aromatic heterocycles. The predicted molar refractivity (Wildman–Crippen MR) is 147 cm³/mol. The lowest BCUT2D eigenvalue weighted by atomic mass is 9.95. The molecular weight excluding hydrogens is 498 g/mol. The molecule has 8 heteroatoms. The van der Waals surface area contributed by atoms with Gasteiger partial charge < -0.3 is 28.6 Å². The topological polar surface area (TPSA) is 98.4 Å². The molecule has 1 amide bonds. The number of rotatable bonds is 13. The molecule has 0 saturated carbocycles. The predicted octanol–water partition coefficient (Wildman–Crippen LogP) is 6.27. The number of amides is 1. The van der Waals surface area contributed by atoms with Crippen LogP contribution in [0, 0.1) is 0 Å². The van der Waals surface area contributed by atoms with Gasteiger partial charge in [0.05, 0.1) is 44.7 Å². The van der Waals surface area contributed by atoms with Crippen molar-refractivity contribution in [3.8, 4) is 17.2 Å². The number of aliphatic hydroxyl groups is 1. The van der Waals surface area contributed by atoms with Crippen LogP contribution in [0.2, 0.25) is 0 Å². The normalized spacial score (nSPS) is 16.5. The molecule has 1 N–H and O–H groups in total. The number of hydrogen-bond donors (Lipinski definition) is 1. The minimum Gasteiger partial charge on any atom is -0.507 e. The number of unbranched alkanes of at least 4 members (excludes halogenated alkanes) is 2. The fourth-order valence-corrected chi connectivity index (χ4v) is 4.48. The first kappa shape index (κ1) is 27.8. The van der Waals surface area contributed by atoms with Gasteiger partial charge in [-0.15, -0.1) is 0 Å². The van der Waals surface area contributed by atoms with Gasteiger partial charge in [-0.05, 0) is 54.8 Å². The number of ether oxygens (including phenoxy) is 3. The van der Waals surface area contributed by atoms with Crippen LogP contribution in [0.25, 0.3) is 5.76 Å². The van der Waals surface area contributed by atoms with Crippen molar-refractivity contribution in [3.05, 3.63) is 83.3 Å². The zero-order valence-electron chi connectivity index (χ0n) is 22.6. The van der Waals surface area contributed by atoms with Crippen LogP contribution in [-0.2, 0) is 16.1 Å². The second kappa shape index (κ2) is 13.0. The second-order valence-electron chi connectivity index (χ2n) is 9.35. The Kier molecular flexibility index (Phi) is 9.31. The van der Waals surface area contributed by atoms with Crippen LogP contribution in [-0.4, -0.2) is 42.0 Å². The van der Waals surface area contributed by atoms with Crippen LogP contribution in [0.15, 0.2) is 70.9 Å². The molecule has 1 aliphatic rings. The quantitative estimate of drug-likeness (QED) is 0.120. The van der Waals surface area contributed by atoms with E-state index in [-0.39, 0.29) is 17.9 Å². The Morgan fingerprint density at radius 1 is 0.949 bits per heavy atom. The number of carbonyl (C=O) groups excluding carboxylic acids is 2. The van der Waals surface area contributed by atoms with Gasteiger partial charge in [-0.3, -0.25) is 9.59 Å². The summed E-state index contributed by atoms with van der Waals surface area (Å²) in [7, 11) is 1.54. The Hall–Kier alpha value is -4.20. The number of methoxy groups -OCH3 is 1. The molecule has 0 aliphatic carbocycles. The summed E-state index contributed by atoms with van der Waals surface area (Å²) in [6, 6.07) is 14.8. The first-order valence-corrected chi connectivity index (χ1v) is 13.3. The summed E-state index contributed by atoms with van der Waals surface area (Å²) >= 11 is 0. The van der Waals surface area contributed by atoms with Gasteiger partial charge in [-0.1, -0.05) is 44.9 Å². The van der Waals surface area contributed by atoms with E-state index in [1.54, 1.807) is 54.6 Å². The van der Waals surface area contributed by atoms with E-state index in [1.165, 1.54) is 18.3 Å². The number of carbonyl (C=O) groups is 2. The lowest BCUT2D eigenvalue weighted by Gasteiger charge is -2.25. The molecule has 8 nitrogen and oxygen atoms in total. The average Bonchev–Trinajstić information content (AvgIpc) is 3.56. The monoisotopic (exact) mass is 533 g/mol. The van der Waals surface area contributed by atoms with Gasteiger partial charge >= 0.3 is 0 Å². The lowest BCUT2D eigenvalue weighted by Crippen LogP contribution is -2.29. The largest absolute Gasteiger partial charge is 0.507 e. The van der Waals surface area contributed by atoms with Crippen molar-refractivity contribution in [2.45, 2.75) is 52.1 Å². The van der Waals surface area contributed by atoms with Crippen molar-refractivity contribution >= 4 is 17.4 Å². The summed E-state index contributed by atoms with van der Waals surface area (Å²) in [6.07, 6.45) is 5.29. The maximum absolute atomic E-state index is 13.4. The summed E-state index contributed by atoms with van der Waals surface area (Å²) in [5.74, 6) is 0.347. The van der Waals surface area contributed by atoms with Gasteiger partial charge in [0.2, 0.25) is 0 Å². The molecule has 2 heterocycles. The van der Waals surface area contributed by atoms with Gasteiger partial charge in [-0.25, -0.2) is 0 Å². The molecule has 3 aromatic rings. The van der Waals surface area contributed by atoms with E-state index >= 15 is 0 Å². The van der Waals surface area contributed by atoms with E-state index in [2.05, 4.69) is 13.8 Å². The maximum Gasteiger partial charge on any atom is 0.296 e. The van der Waals surface area contributed by atoms with Crippen molar-refractivity contribution in [1.29, 1.82) is 0 Å². The molecule has 4 rings (SSSR count). The van der Waals surface area contributed by atoms with Crippen LogP contribution in [0.3, 0.4) is 0 Å². The number of ketones is 1. The number of nitrogens with zero attached hydrogens (tertiary/aromatic N) is 1. The molecule has 39 heavy (non-hydrogen) atoms. The van der Waals surface area contributed by atoms with E-state index < -0.39 is 17.7 Å². The first-order chi connectivity index (χ1) is 19.0. The average molecular weight is 534 g/mol. The standard InChI is InChI=1S/C31H35NO7/c1-4-6-15-37-23-11-8-10-22(18-23)29(33)27-28(32(31(35)30(27)34)20-24-12-9-17-38-24)21-13-14-25(26(19-21)36-3)39-16-7-5-2/h8-14,17-19,28,33H,4-7,15-16,20H2,1-3H3. The third-order valence-electron chi connectivity index (χ3n) is 6.58. The molecule has 0 bridgehead atoms. The van der Waals surface area contributed by atoms with Crippen molar-refractivity contribution in [2.24, 2.45) is 0 Å². The van der Waals surface area contributed by atoms with E-state index in [1.807, 2.05) is 0 Å². The molecule has 0 spiro atoms. The Balaban J connectivity index is 1.78. The van der Waals surface area contributed by atoms with Crippen LogP contribution in [0.4, 0.5) is 0 Å². The number of Topliss-reactive ketones (excluding diaryl/α,β-unsaturated/α-hetero) is 1. The van der Waals surface area contributed by atoms with Gasteiger partial charge in [0.25, 0.3) is 11.7 Å². The van der Waals surface area contributed by atoms with Crippen LogP contribution in [0.5, 0.6) is 17.2 Å². The maximum atomic E-state index is 13.4. The van der Waals surface area contributed by atoms with Gasteiger partial charge in [0, 0.05) is 5.56 Å². The Labute approximate surface area is 228 Å². The van der Waals surface area contributed by atoms with Crippen molar-refractivity contribution in [1.82, 2.24) is 4.90 Å². The third-order valence-corrected chi connectivity index (χ3v) is 6.58. The summed E-state index contributed by atoms with van der Waals surface area (Å²) in [5, 5.41) is 11.4. The Morgan fingerprint density at radius 2 is 1.72 bits per heavy atom. The van der Waals surface area contributed by atoms with Crippen molar-refractivity contribution < 1.29 is 33.3 Å². The van der Waals surface area contributed by atoms with Crippen molar-refractivity contribution in [3.63, 3.8) is 0 Å². The fraction of sp³-hybridized carbons (Fsp3) is 0.355. The summed E-state index contributed by atoms with van der Waals surface area (Å²) in [5.41, 5.74) is 0.966. The number of likely N-dealkylation sites (tertiary alicyclic amines) is 1. The molecule has 1 unspecified atom stereocenters. The minimum atomic E-state index is -0.877. The van der Waals surface area contributed by atoms with E-state index in [4.69, 9.17) is 18.6 Å². The van der Waals surface area contributed by atoms with Crippen molar-refractivity contribution in [2.75, 3.05) is 20.3 Å². The van der Waals surface area contributed by atoms with E-state index in [0.29, 0.717) is 47.3 Å². The summed E-state index contributed by atoms with van der Waals surface area (Å²) in [4.78, 5) is 28.1. The number of benzene rings is 2. The van der Waals surface area contributed by atoms with Gasteiger partial charge in [-0.2, -0.15) is 0 Å². The van der Waals surface area contributed by atoms with Gasteiger partial charge in [0.15, 0.2) is 11.5 Å². The molecule has 1 aliphatic heterocycles. The Bertz CT molecular complexity index is 1310. The molecule has 2 aromatic carbocycles. The SMILES string of the molecule is CCCCOc1cccc(C(O)=C2C(=O)C(=O)N(Cc3ccco3)C2c2ccc(OCCCC)c(OC)c2)c1. The molecule has 206 valence electrons. The highest BCUT2D eigenvalue weighted by atomic mass is 16.5. The summed E-state index contributed by atoms with van der Waals surface area (Å²) < 4.78 is 22.7. The highest BCUT2D eigenvalue weighted by Gasteiger charge is 2.46. The molecular formula is C31H35NO7. The number of hydrogen-bond acceptors (Lipinski definition) is 7. The fourth-order valence-electron chi connectivity index (χ4n) is 4.48. The molecule has 0 radical (unpaired) electrons. The smallest absolute Gasteiger partial charge is 0.296 e. The highest BCUT2D eigenvalue weighted by molar-refractivity contribution is 6.46. The molecule has 1 atom stereocenters. The minimum absolute atomic E-state index is 0.0148. The van der Waals surface area contributed by atoms with Gasteiger partial charge in [0.1, 0.15) is 17.3 Å². The number of furan rings is 1.